The van der Waals surface area contributed by atoms with Gasteiger partial charge in [-0.2, -0.15) is 0 Å². The number of carbonyl (C=O) groups is 1. The molecule has 0 aliphatic rings. The van der Waals surface area contributed by atoms with E-state index in [1.165, 1.54) is 0 Å². The van der Waals surface area contributed by atoms with E-state index in [0.29, 0.717) is 10.6 Å². The minimum absolute atomic E-state index is 0.127. The fourth-order valence-corrected chi connectivity index (χ4v) is 3.05. The first kappa shape index (κ1) is 17.5. The Labute approximate surface area is 152 Å². The maximum Gasteiger partial charge on any atom is 0.251 e. The second-order valence-corrected chi connectivity index (χ2v) is 6.60. The number of fused-ring (bicyclic) bond motifs is 1. The molecule has 0 aliphatic carbocycles. The van der Waals surface area contributed by atoms with Crippen LogP contribution in [0.5, 0.6) is 0 Å². The number of hydrogen-bond acceptors (Lipinski definition) is 2. The van der Waals surface area contributed by atoms with Crippen molar-refractivity contribution in [3.05, 3.63) is 64.9 Å². The van der Waals surface area contributed by atoms with Crippen molar-refractivity contribution >= 4 is 28.5 Å². The average molecular weight is 356 g/mol. The van der Waals surface area contributed by atoms with Gasteiger partial charge in [0.2, 0.25) is 0 Å². The van der Waals surface area contributed by atoms with Crippen molar-refractivity contribution in [3.8, 4) is 0 Å². The lowest BCUT2D eigenvalue weighted by Gasteiger charge is -2.16. The van der Waals surface area contributed by atoms with Crippen LogP contribution in [0, 0.1) is 0 Å². The average Bonchev–Trinajstić information content (AvgIpc) is 2.99. The minimum Gasteiger partial charge on any atom is -0.342 e. The predicted molar refractivity (Wildman–Crippen MR) is 102 cm³/mol. The number of rotatable bonds is 6. The third-order valence-electron chi connectivity index (χ3n) is 4.26. The quantitative estimate of drug-likeness (QED) is 0.677. The largest absolute Gasteiger partial charge is 0.342 e. The number of aryl methyl sites for hydroxylation is 1. The second-order valence-electron chi connectivity index (χ2n) is 6.17. The van der Waals surface area contributed by atoms with E-state index in [1.54, 1.807) is 24.3 Å². The molecular formula is C20H22ClN3O. The Balaban J connectivity index is 1.86. The fourth-order valence-electron chi connectivity index (χ4n) is 2.92. The van der Waals surface area contributed by atoms with Crippen molar-refractivity contribution in [1.82, 2.24) is 14.9 Å². The molecule has 0 unspecified atom stereocenters. The molecule has 0 radical (unpaired) electrons. The van der Waals surface area contributed by atoms with Crippen LogP contribution in [0.2, 0.25) is 5.02 Å². The molecule has 2 aromatic carbocycles. The van der Waals surface area contributed by atoms with E-state index >= 15 is 0 Å². The molecular weight excluding hydrogens is 334 g/mol. The summed E-state index contributed by atoms with van der Waals surface area (Å²) in [6.07, 6.45) is 2.18. The summed E-state index contributed by atoms with van der Waals surface area (Å²) >= 11 is 5.89. The van der Waals surface area contributed by atoms with Crippen LogP contribution in [0.1, 0.15) is 48.9 Å². The molecule has 0 saturated heterocycles. The summed E-state index contributed by atoms with van der Waals surface area (Å²) in [5, 5.41) is 3.66. The molecule has 0 aliphatic heterocycles. The number of amides is 1. The van der Waals surface area contributed by atoms with Crippen molar-refractivity contribution in [1.29, 1.82) is 0 Å². The van der Waals surface area contributed by atoms with Gasteiger partial charge in [-0.05, 0) is 49.7 Å². The van der Waals surface area contributed by atoms with Gasteiger partial charge in [-0.3, -0.25) is 4.79 Å². The van der Waals surface area contributed by atoms with E-state index in [2.05, 4.69) is 22.9 Å². The third-order valence-corrected chi connectivity index (χ3v) is 4.51. The Hall–Kier alpha value is -2.33. The van der Waals surface area contributed by atoms with E-state index in [-0.39, 0.29) is 11.9 Å². The number of benzene rings is 2. The number of aromatic nitrogens is 2. The van der Waals surface area contributed by atoms with Crippen LogP contribution >= 0.6 is 11.6 Å². The number of hydrogen-bond donors (Lipinski definition) is 1. The van der Waals surface area contributed by atoms with Crippen molar-refractivity contribution in [3.63, 3.8) is 0 Å². The van der Waals surface area contributed by atoms with Gasteiger partial charge in [-0.25, -0.2) is 4.98 Å². The van der Waals surface area contributed by atoms with Gasteiger partial charge in [0.1, 0.15) is 5.82 Å². The molecule has 3 aromatic rings. The monoisotopic (exact) mass is 355 g/mol. The summed E-state index contributed by atoms with van der Waals surface area (Å²) in [7, 11) is 0. The number of nitrogens with one attached hydrogen (secondary N) is 1. The molecule has 3 rings (SSSR count). The normalized spacial score (nSPS) is 12.3. The highest BCUT2D eigenvalue weighted by atomic mass is 35.5. The lowest BCUT2D eigenvalue weighted by molar-refractivity contribution is 0.0937. The Kier molecular flexibility index (Phi) is 5.39. The van der Waals surface area contributed by atoms with Crippen LogP contribution in [0.3, 0.4) is 0 Å². The molecule has 1 amide bonds. The van der Waals surface area contributed by atoms with Crippen LogP contribution in [-0.4, -0.2) is 15.5 Å². The third kappa shape index (κ3) is 3.85. The van der Waals surface area contributed by atoms with E-state index in [0.717, 1.165) is 36.2 Å². The summed E-state index contributed by atoms with van der Waals surface area (Å²) < 4.78 is 2.21. The Morgan fingerprint density at radius 1 is 1.20 bits per heavy atom. The van der Waals surface area contributed by atoms with Crippen LogP contribution in [0.4, 0.5) is 0 Å². The molecule has 0 saturated carbocycles. The lowest BCUT2D eigenvalue weighted by atomic mass is 10.2. The van der Waals surface area contributed by atoms with E-state index < -0.39 is 0 Å². The summed E-state index contributed by atoms with van der Waals surface area (Å²) in [6, 6.07) is 14.8. The summed E-state index contributed by atoms with van der Waals surface area (Å²) in [6.45, 7) is 5.04. The molecule has 5 heteroatoms. The van der Waals surface area contributed by atoms with Gasteiger partial charge in [0.15, 0.2) is 0 Å². The molecule has 1 N–H and O–H groups in total. The summed E-state index contributed by atoms with van der Waals surface area (Å²) in [4.78, 5) is 17.2. The Bertz CT molecular complexity index is 870. The first-order valence-corrected chi connectivity index (χ1v) is 8.99. The topological polar surface area (TPSA) is 46.9 Å². The molecule has 0 spiro atoms. The molecule has 1 aromatic heterocycles. The van der Waals surface area contributed by atoms with Gasteiger partial charge in [0.25, 0.3) is 5.91 Å². The van der Waals surface area contributed by atoms with Crippen LogP contribution < -0.4 is 5.32 Å². The van der Waals surface area contributed by atoms with E-state index in [9.17, 15) is 4.79 Å². The highest BCUT2D eigenvalue weighted by Gasteiger charge is 2.18. The van der Waals surface area contributed by atoms with Crippen LogP contribution in [-0.2, 0) is 6.54 Å². The van der Waals surface area contributed by atoms with E-state index in [1.807, 2.05) is 25.1 Å². The Morgan fingerprint density at radius 3 is 2.64 bits per heavy atom. The fraction of sp³-hybridized carbons (Fsp3) is 0.300. The summed E-state index contributed by atoms with van der Waals surface area (Å²) in [5.41, 5.74) is 2.66. The van der Waals surface area contributed by atoms with Crippen molar-refractivity contribution in [2.24, 2.45) is 0 Å². The molecule has 4 nitrogen and oxygen atoms in total. The highest BCUT2D eigenvalue weighted by molar-refractivity contribution is 6.30. The molecule has 1 heterocycles. The first-order valence-electron chi connectivity index (χ1n) is 8.61. The number of unbranched alkanes of at least 4 members (excludes halogenated alkanes) is 1. The molecule has 25 heavy (non-hydrogen) atoms. The number of para-hydroxylation sites is 2. The zero-order valence-corrected chi connectivity index (χ0v) is 15.3. The van der Waals surface area contributed by atoms with Gasteiger partial charge >= 0.3 is 0 Å². The number of halogens is 1. The highest BCUT2D eigenvalue weighted by Crippen LogP contribution is 2.22. The van der Waals surface area contributed by atoms with Crippen LogP contribution in [0.15, 0.2) is 48.5 Å². The SMILES string of the molecule is CCCCn1c([C@@H](C)NC(=O)c2ccc(Cl)cc2)nc2ccccc21. The van der Waals surface area contributed by atoms with Gasteiger partial charge in [0.05, 0.1) is 17.1 Å². The Morgan fingerprint density at radius 2 is 1.92 bits per heavy atom. The lowest BCUT2D eigenvalue weighted by Crippen LogP contribution is -2.28. The molecule has 1 atom stereocenters. The maximum atomic E-state index is 12.5. The number of nitrogens with zero attached hydrogens (tertiary/aromatic N) is 2. The van der Waals surface area contributed by atoms with Gasteiger partial charge in [0, 0.05) is 17.1 Å². The predicted octanol–water partition coefficient (Wildman–Crippen LogP) is 4.98. The minimum atomic E-state index is -0.188. The van der Waals surface area contributed by atoms with Crippen LogP contribution in [0.25, 0.3) is 11.0 Å². The molecule has 130 valence electrons. The zero-order chi connectivity index (χ0) is 17.8. The van der Waals surface area contributed by atoms with E-state index in [4.69, 9.17) is 16.6 Å². The summed E-state index contributed by atoms with van der Waals surface area (Å²) in [5.74, 6) is 0.759. The van der Waals surface area contributed by atoms with Crippen molar-refractivity contribution < 1.29 is 4.79 Å². The van der Waals surface area contributed by atoms with Gasteiger partial charge < -0.3 is 9.88 Å². The van der Waals surface area contributed by atoms with Crippen molar-refractivity contribution in [2.75, 3.05) is 0 Å². The standard InChI is InChI=1S/C20H22ClN3O/c1-3-4-13-24-18-8-6-5-7-17(18)23-19(24)14(2)22-20(25)15-9-11-16(21)12-10-15/h5-12,14H,3-4,13H2,1-2H3,(H,22,25)/t14-/m1/s1. The smallest absolute Gasteiger partial charge is 0.251 e. The number of carbonyl (C=O) groups excluding carboxylic acids is 1. The second kappa shape index (κ2) is 7.70. The molecule has 0 bridgehead atoms. The zero-order valence-electron chi connectivity index (χ0n) is 14.5. The first-order chi connectivity index (χ1) is 12.1. The maximum absolute atomic E-state index is 12.5. The number of imidazole rings is 1. The van der Waals surface area contributed by atoms with Gasteiger partial charge in [-0.15, -0.1) is 0 Å². The molecule has 0 fully saturated rings. The van der Waals surface area contributed by atoms with Crippen molar-refractivity contribution in [2.45, 2.75) is 39.3 Å². The van der Waals surface area contributed by atoms with Gasteiger partial charge in [-0.1, -0.05) is 37.1 Å².